The zero-order valence-electron chi connectivity index (χ0n) is 18.1. The Hall–Kier alpha value is -2.05. The van der Waals surface area contributed by atoms with Gasteiger partial charge < -0.3 is 20.9 Å². The average molecular weight is 389 g/mol. The lowest BCUT2D eigenvalue weighted by Gasteiger charge is -2.31. The molecule has 0 aromatic carbocycles. The Bertz CT molecular complexity index is 689. The van der Waals surface area contributed by atoms with Crippen LogP contribution in [0.4, 0.5) is 16.6 Å². The molecule has 3 N–H and O–H groups in total. The highest BCUT2D eigenvalue weighted by Crippen LogP contribution is 2.29. The highest BCUT2D eigenvalue weighted by molar-refractivity contribution is 5.75. The fraction of sp³-hybridized carbons (Fsp3) is 0.762. The summed E-state index contributed by atoms with van der Waals surface area (Å²) in [6.45, 7) is 5.98. The van der Waals surface area contributed by atoms with Crippen molar-refractivity contribution in [1.29, 1.82) is 0 Å². The number of amides is 2. The quantitative estimate of drug-likeness (QED) is 0.738. The third kappa shape index (κ3) is 5.49. The van der Waals surface area contributed by atoms with Crippen LogP contribution in [0.2, 0.25) is 0 Å². The molecule has 1 aromatic heterocycles. The summed E-state index contributed by atoms with van der Waals surface area (Å²) in [5, 5.41) is 9.64. The smallest absolute Gasteiger partial charge is 0.315 e. The molecule has 0 saturated heterocycles. The molecule has 28 heavy (non-hydrogen) atoms. The zero-order chi connectivity index (χ0) is 20.3. The monoisotopic (exact) mass is 388 g/mol. The Morgan fingerprint density at radius 1 is 1.00 bits per heavy atom. The number of aromatic nitrogens is 2. The molecule has 1 heterocycles. The SMILES string of the molecule is CN(C)c1nc(NC2CCC(NC(=O)NC(C)(C)C)CC2)nc2c1CCCC2. The van der Waals surface area contributed by atoms with E-state index in [0.717, 1.165) is 50.3 Å². The summed E-state index contributed by atoms with van der Waals surface area (Å²) in [4.78, 5) is 23.8. The molecule has 156 valence electrons. The van der Waals surface area contributed by atoms with Crippen molar-refractivity contribution in [3.63, 3.8) is 0 Å². The van der Waals surface area contributed by atoms with Crippen LogP contribution >= 0.6 is 0 Å². The summed E-state index contributed by atoms with van der Waals surface area (Å²) in [5.41, 5.74) is 2.32. The van der Waals surface area contributed by atoms with E-state index in [1.54, 1.807) is 0 Å². The van der Waals surface area contributed by atoms with E-state index in [9.17, 15) is 4.79 Å². The highest BCUT2D eigenvalue weighted by atomic mass is 16.2. The molecule has 0 aliphatic heterocycles. The first-order valence-electron chi connectivity index (χ1n) is 10.6. The topological polar surface area (TPSA) is 82.2 Å². The second-order valence-corrected chi connectivity index (χ2v) is 9.44. The van der Waals surface area contributed by atoms with Crippen LogP contribution in [-0.4, -0.2) is 47.7 Å². The maximum Gasteiger partial charge on any atom is 0.315 e. The average Bonchev–Trinajstić information content (AvgIpc) is 2.61. The molecule has 2 aliphatic rings. The van der Waals surface area contributed by atoms with Crippen LogP contribution in [0.15, 0.2) is 0 Å². The molecule has 0 unspecified atom stereocenters. The van der Waals surface area contributed by atoms with Gasteiger partial charge in [0.05, 0.1) is 5.69 Å². The number of nitrogens with zero attached hydrogens (tertiary/aromatic N) is 3. The van der Waals surface area contributed by atoms with Crippen molar-refractivity contribution in [1.82, 2.24) is 20.6 Å². The number of rotatable bonds is 4. The molecule has 0 atom stereocenters. The second kappa shape index (κ2) is 8.53. The van der Waals surface area contributed by atoms with Gasteiger partial charge in [-0.15, -0.1) is 0 Å². The van der Waals surface area contributed by atoms with E-state index in [-0.39, 0.29) is 17.6 Å². The molecular formula is C21H36N6O. The van der Waals surface area contributed by atoms with Gasteiger partial charge in [-0.3, -0.25) is 0 Å². The van der Waals surface area contributed by atoms with Gasteiger partial charge in [0, 0.05) is 37.3 Å². The van der Waals surface area contributed by atoms with E-state index in [0.29, 0.717) is 6.04 Å². The molecule has 1 aromatic rings. The van der Waals surface area contributed by atoms with Gasteiger partial charge in [-0.25, -0.2) is 9.78 Å². The van der Waals surface area contributed by atoms with E-state index < -0.39 is 0 Å². The maximum absolute atomic E-state index is 12.1. The van der Waals surface area contributed by atoms with Crippen LogP contribution in [0, 0.1) is 0 Å². The molecule has 7 heteroatoms. The van der Waals surface area contributed by atoms with E-state index in [1.165, 1.54) is 24.1 Å². The van der Waals surface area contributed by atoms with Gasteiger partial charge in [0.1, 0.15) is 5.82 Å². The van der Waals surface area contributed by atoms with Crippen molar-refractivity contribution in [2.24, 2.45) is 0 Å². The first-order chi connectivity index (χ1) is 13.2. The molecule has 1 saturated carbocycles. The zero-order valence-corrected chi connectivity index (χ0v) is 18.1. The minimum Gasteiger partial charge on any atom is -0.362 e. The van der Waals surface area contributed by atoms with Gasteiger partial charge in [0.2, 0.25) is 5.95 Å². The minimum absolute atomic E-state index is 0.0717. The van der Waals surface area contributed by atoms with E-state index in [4.69, 9.17) is 9.97 Å². The Labute approximate surface area is 169 Å². The van der Waals surface area contributed by atoms with Gasteiger partial charge >= 0.3 is 6.03 Å². The van der Waals surface area contributed by atoms with Crippen molar-refractivity contribution in [2.75, 3.05) is 24.3 Å². The first-order valence-corrected chi connectivity index (χ1v) is 10.6. The number of nitrogens with one attached hydrogen (secondary N) is 3. The van der Waals surface area contributed by atoms with Gasteiger partial charge in [0.15, 0.2) is 0 Å². The fourth-order valence-corrected chi connectivity index (χ4v) is 4.14. The fourth-order valence-electron chi connectivity index (χ4n) is 4.14. The van der Waals surface area contributed by atoms with Crippen molar-refractivity contribution in [3.8, 4) is 0 Å². The van der Waals surface area contributed by atoms with Crippen molar-refractivity contribution >= 4 is 17.8 Å². The Morgan fingerprint density at radius 3 is 2.29 bits per heavy atom. The summed E-state index contributed by atoms with van der Waals surface area (Å²) in [6, 6.07) is 0.528. The first kappa shape index (κ1) is 20.7. The normalized spacial score (nSPS) is 22.2. The summed E-state index contributed by atoms with van der Waals surface area (Å²) >= 11 is 0. The summed E-state index contributed by atoms with van der Waals surface area (Å²) in [6.07, 6.45) is 8.54. The summed E-state index contributed by atoms with van der Waals surface area (Å²) in [5.74, 6) is 1.81. The standard InChI is InChI=1S/C21H36N6O/c1-21(2,3)26-20(28)23-15-12-10-14(11-13-15)22-19-24-17-9-7-6-8-16(17)18(25-19)27(4)5/h14-15H,6-13H2,1-5H3,(H,22,24,25)(H2,23,26,28). The van der Waals surface area contributed by atoms with Gasteiger partial charge in [-0.2, -0.15) is 4.98 Å². The maximum atomic E-state index is 12.1. The van der Waals surface area contributed by atoms with Crippen LogP contribution in [0.3, 0.4) is 0 Å². The number of hydrogen-bond donors (Lipinski definition) is 3. The van der Waals surface area contributed by atoms with Crippen LogP contribution in [0.25, 0.3) is 0 Å². The predicted octanol–water partition coefficient (Wildman–Crippen LogP) is 3.24. The molecular weight excluding hydrogens is 352 g/mol. The van der Waals surface area contributed by atoms with Gasteiger partial charge in [-0.1, -0.05) is 0 Å². The number of urea groups is 1. The molecule has 2 aliphatic carbocycles. The lowest BCUT2D eigenvalue weighted by atomic mass is 9.91. The predicted molar refractivity (Wildman–Crippen MR) is 114 cm³/mol. The molecule has 1 fully saturated rings. The Balaban J connectivity index is 1.56. The number of aryl methyl sites for hydroxylation is 1. The molecule has 0 spiro atoms. The van der Waals surface area contributed by atoms with Gasteiger partial charge in [-0.05, 0) is 72.1 Å². The van der Waals surface area contributed by atoms with Gasteiger partial charge in [0.25, 0.3) is 0 Å². The van der Waals surface area contributed by atoms with Crippen LogP contribution < -0.4 is 20.9 Å². The molecule has 0 radical (unpaired) electrons. The van der Waals surface area contributed by atoms with E-state index >= 15 is 0 Å². The third-order valence-electron chi connectivity index (χ3n) is 5.47. The largest absolute Gasteiger partial charge is 0.362 e. The molecule has 7 nitrogen and oxygen atoms in total. The lowest BCUT2D eigenvalue weighted by Crippen LogP contribution is -2.50. The van der Waals surface area contributed by atoms with E-state index in [2.05, 4.69) is 34.9 Å². The Morgan fingerprint density at radius 2 is 1.64 bits per heavy atom. The second-order valence-electron chi connectivity index (χ2n) is 9.44. The van der Waals surface area contributed by atoms with E-state index in [1.807, 2.05) is 20.8 Å². The summed E-state index contributed by atoms with van der Waals surface area (Å²) in [7, 11) is 4.11. The number of hydrogen-bond acceptors (Lipinski definition) is 5. The third-order valence-corrected chi connectivity index (χ3v) is 5.47. The van der Waals surface area contributed by atoms with Crippen LogP contribution in [0.5, 0.6) is 0 Å². The molecule has 2 amide bonds. The minimum atomic E-state index is -0.212. The van der Waals surface area contributed by atoms with Crippen molar-refractivity contribution < 1.29 is 4.79 Å². The highest BCUT2D eigenvalue weighted by Gasteiger charge is 2.25. The van der Waals surface area contributed by atoms with Crippen LogP contribution in [-0.2, 0) is 12.8 Å². The summed E-state index contributed by atoms with van der Waals surface area (Å²) < 4.78 is 0. The number of carbonyl (C=O) groups is 1. The number of fused-ring (bicyclic) bond motifs is 1. The molecule has 3 rings (SSSR count). The number of anilines is 2. The Kier molecular flexibility index (Phi) is 6.30. The number of carbonyl (C=O) groups excluding carboxylic acids is 1. The lowest BCUT2D eigenvalue weighted by molar-refractivity contribution is 0.223. The van der Waals surface area contributed by atoms with Crippen molar-refractivity contribution in [2.45, 2.75) is 89.8 Å². The van der Waals surface area contributed by atoms with Crippen molar-refractivity contribution in [3.05, 3.63) is 11.3 Å². The van der Waals surface area contributed by atoms with Crippen LogP contribution in [0.1, 0.15) is 70.6 Å². The molecule has 0 bridgehead atoms.